The van der Waals surface area contributed by atoms with Crippen molar-refractivity contribution in [2.75, 3.05) is 18.7 Å². The highest BCUT2D eigenvalue weighted by molar-refractivity contribution is 6.06. The summed E-state index contributed by atoms with van der Waals surface area (Å²) in [5.74, 6) is -2.37. The van der Waals surface area contributed by atoms with Crippen molar-refractivity contribution < 1.29 is 33.8 Å². The lowest BCUT2D eigenvalue weighted by Crippen LogP contribution is -2.61. The summed E-state index contributed by atoms with van der Waals surface area (Å²) in [6, 6.07) is 10.6. The van der Waals surface area contributed by atoms with Crippen LogP contribution in [0.2, 0.25) is 0 Å². The maximum Gasteiger partial charge on any atom is 0.358 e. The second kappa shape index (κ2) is 12.6. The van der Waals surface area contributed by atoms with Gasteiger partial charge in [-0.2, -0.15) is 0 Å². The van der Waals surface area contributed by atoms with Gasteiger partial charge < -0.3 is 30.1 Å². The number of anilines is 1. The van der Waals surface area contributed by atoms with Crippen LogP contribution in [0.25, 0.3) is 5.57 Å². The summed E-state index contributed by atoms with van der Waals surface area (Å²) in [4.78, 5) is 55.6. The van der Waals surface area contributed by atoms with Crippen molar-refractivity contribution in [2.24, 2.45) is 11.3 Å². The topological polar surface area (TPSA) is 147 Å². The Labute approximate surface area is 238 Å². The normalized spacial score (nSPS) is 18.9. The number of hydrogen-bond acceptors (Lipinski definition) is 9. The molecule has 1 aromatic carbocycles. The van der Waals surface area contributed by atoms with E-state index in [1.807, 2.05) is 24.3 Å². The summed E-state index contributed by atoms with van der Waals surface area (Å²) in [6.07, 6.45) is 3.01. The summed E-state index contributed by atoms with van der Waals surface area (Å²) < 4.78 is 10.3. The minimum atomic E-state index is -0.862. The average molecular weight is 565 g/mol. The molecule has 0 radical (unpaired) electrons. The highest BCUT2D eigenvalue weighted by Gasteiger charge is 2.57. The molecule has 0 bridgehead atoms. The van der Waals surface area contributed by atoms with Crippen molar-refractivity contribution in [3.05, 3.63) is 65.6 Å². The number of hydrogen-bond donors (Lipinski definition) is 3. The first kappa shape index (κ1) is 29.9. The number of nitrogens with one attached hydrogen (secondary N) is 2. The van der Waals surface area contributed by atoms with E-state index in [1.165, 1.54) is 4.90 Å². The highest BCUT2D eigenvalue weighted by atomic mass is 16.7. The smallest absolute Gasteiger partial charge is 0.358 e. The number of nitrogens with zero attached hydrogens (tertiary/aromatic N) is 2. The van der Waals surface area contributed by atoms with Crippen LogP contribution in [0.5, 0.6) is 0 Å². The molecule has 41 heavy (non-hydrogen) atoms. The number of aliphatic hydroxyl groups excluding tert-OH is 1. The number of amides is 2. The largest absolute Gasteiger partial charge is 0.427 e. The fraction of sp³-hybridized carbons (Fsp3) is 0.433. The van der Waals surface area contributed by atoms with Gasteiger partial charge in [0.1, 0.15) is 5.70 Å². The third-order valence-corrected chi connectivity index (χ3v) is 7.01. The van der Waals surface area contributed by atoms with Crippen molar-refractivity contribution in [3.8, 4) is 0 Å². The molecule has 3 atom stereocenters. The maximum atomic E-state index is 13.2. The summed E-state index contributed by atoms with van der Waals surface area (Å²) in [5, 5.41) is 16.2. The average Bonchev–Trinajstić information content (AvgIpc) is 3.26. The summed E-state index contributed by atoms with van der Waals surface area (Å²) >= 11 is 0. The van der Waals surface area contributed by atoms with Gasteiger partial charge in [0.25, 0.3) is 0 Å². The van der Waals surface area contributed by atoms with E-state index >= 15 is 0 Å². The third kappa shape index (κ3) is 6.98. The highest BCUT2D eigenvalue weighted by Crippen LogP contribution is 2.47. The number of esters is 2. The molecule has 1 fully saturated rings. The fourth-order valence-electron chi connectivity index (χ4n) is 4.90. The number of fused-ring (bicyclic) bond motifs is 1. The Morgan fingerprint density at radius 1 is 1.15 bits per heavy atom. The van der Waals surface area contributed by atoms with Gasteiger partial charge in [0, 0.05) is 37.6 Å². The molecule has 3 heterocycles. The lowest BCUT2D eigenvalue weighted by Gasteiger charge is -2.44. The molecular weight excluding hydrogens is 528 g/mol. The number of ether oxygens (including phenoxy) is 2. The predicted octanol–water partition coefficient (Wildman–Crippen LogP) is 2.61. The van der Waals surface area contributed by atoms with Gasteiger partial charge in [-0.25, -0.2) is 4.79 Å². The summed E-state index contributed by atoms with van der Waals surface area (Å²) in [6.45, 7) is 6.99. The molecule has 3 N–H and O–H groups in total. The predicted molar refractivity (Wildman–Crippen MR) is 149 cm³/mol. The lowest BCUT2D eigenvalue weighted by atomic mass is 9.82. The van der Waals surface area contributed by atoms with Crippen LogP contribution in [-0.2, 0) is 35.2 Å². The molecule has 0 aliphatic carbocycles. The second-order valence-electron chi connectivity index (χ2n) is 11.2. The van der Waals surface area contributed by atoms with Crippen LogP contribution in [-0.4, -0.2) is 64.2 Å². The van der Waals surface area contributed by atoms with E-state index in [0.29, 0.717) is 30.8 Å². The van der Waals surface area contributed by atoms with Crippen molar-refractivity contribution in [1.29, 1.82) is 0 Å². The Bertz CT molecular complexity index is 1330. The molecule has 218 valence electrons. The van der Waals surface area contributed by atoms with Crippen LogP contribution in [0.15, 0.2) is 54.5 Å². The molecule has 2 aliphatic rings. The van der Waals surface area contributed by atoms with E-state index in [-0.39, 0.29) is 30.0 Å². The minimum absolute atomic E-state index is 0.0987. The van der Waals surface area contributed by atoms with Gasteiger partial charge in [0.05, 0.1) is 23.5 Å². The van der Waals surface area contributed by atoms with Crippen LogP contribution >= 0.6 is 0 Å². The Morgan fingerprint density at radius 2 is 1.88 bits per heavy atom. The Kier molecular flexibility index (Phi) is 9.19. The maximum absolute atomic E-state index is 13.2. The van der Waals surface area contributed by atoms with E-state index in [1.54, 1.807) is 52.2 Å². The third-order valence-electron chi connectivity index (χ3n) is 7.01. The van der Waals surface area contributed by atoms with Gasteiger partial charge in [0.15, 0.2) is 0 Å². The molecule has 11 nitrogen and oxygen atoms in total. The van der Waals surface area contributed by atoms with Gasteiger partial charge in [-0.3, -0.25) is 19.4 Å². The molecule has 11 heteroatoms. The van der Waals surface area contributed by atoms with E-state index < -0.39 is 36.2 Å². The first-order chi connectivity index (χ1) is 19.5. The van der Waals surface area contributed by atoms with E-state index in [0.717, 1.165) is 11.1 Å². The molecule has 4 rings (SSSR count). The molecule has 0 spiro atoms. The van der Waals surface area contributed by atoms with Crippen molar-refractivity contribution in [3.63, 3.8) is 0 Å². The minimum Gasteiger partial charge on any atom is -0.427 e. The molecular formula is C30H36N4O7. The SMILES string of the molecule is C[C@@H](O)[C@H]1C(=O)N2C(C(=O)OCOC(=O)C(C)(C)C)=C(c3cccc(CNCCC(=O)Nc4ccncc4)c3)C[C@H]12. The van der Waals surface area contributed by atoms with Gasteiger partial charge >= 0.3 is 11.9 Å². The van der Waals surface area contributed by atoms with E-state index in [9.17, 15) is 24.3 Å². The van der Waals surface area contributed by atoms with Gasteiger partial charge in [-0.15, -0.1) is 0 Å². The monoisotopic (exact) mass is 564 g/mol. The molecule has 0 saturated carbocycles. The van der Waals surface area contributed by atoms with Crippen molar-refractivity contribution >= 4 is 35.0 Å². The number of carbonyl (C=O) groups is 4. The number of aromatic nitrogens is 1. The van der Waals surface area contributed by atoms with Gasteiger partial charge in [-0.05, 0) is 62.9 Å². The van der Waals surface area contributed by atoms with Gasteiger partial charge in [-0.1, -0.05) is 24.3 Å². The number of carbonyl (C=O) groups excluding carboxylic acids is 4. The van der Waals surface area contributed by atoms with Crippen LogP contribution < -0.4 is 10.6 Å². The number of aliphatic hydroxyl groups is 1. The van der Waals surface area contributed by atoms with Crippen LogP contribution in [0, 0.1) is 11.3 Å². The molecule has 1 saturated heterocycles. The Balaban J connectivity index is 1.43. The second-order valence-corrected chi connectivity index (χ2v) is 11.2. The first-order valence-corrected chi connectivity index (χ1v) is 13.6. The molecule has 0 unspecified atom stereocenters. The Hall–Kier alpha value is -4.09. The van der Waals surface area contributed by atoms with Crippen LogP contribution in [0.4, 0.5) is 5.69 Å². The summed E-state index contributed by atoms with van der Waals surface area (Å²) in [7, 11) is 0. The number of benzene rings is 1. The van der Waals surface area contributed by atoms with Crippen molar-refractivity contribution in [2.45, 2.75) is 59.2 Å². The van der Waals surface area contributed by atoms with Crippen LogP contribution in [0.1, 0.15) is 51.7 Å². The van der Waals surface area contributed by atoms with Crippen LogP contribution in [0.3, 0.4) is 0 Å². The zero-order valence-corrected chi connectivity index (χ0v) is 23.7. The van der Waals surface area contributed by atoms with E-state index in [4.69, 9.17) is 9.47 Å². The number of rotatable bonds is 11. The zero-order valence-electron chi connectivity index (χ0n) is 23.7. The Morgan fingerprint density at radius 3 is 2.56 bits per heavy atom. The summed E-state index contributed by atoms with van der Waals surface area (Å²) in [5.41, 5.74) is 2.31. The molecule has 1 aromatic heterocycles. The standard InChI is InChI=1S/C30H36N4O7/c1-18(35)25-23-15-22(26(34(23)27(25)37)28(38)40-17-41-29(39)30(2,3)4)20-7-5-6-19(14-20)16-32-13-10-24(36)33-21-8-11-31-12-9-21/h5-9,11-12,14,18,23,25,32,35H,10,13,15-17H2,1-4H3,(H,31,33,36)/t18-,23-,25-/m1/s1. The quantitative estimate of drug-likeness (QED) is 0.162. The zero-order chi connectivity index (χ0) is 29.7. The molecule has 2 aromatic rings. The van der Waals surface area contributed by atoms with Crippen molar-refractivity contribution in [1.82, 2.24) is 15.2 Å². The first-order valence-electron chi connectivity index (χ1n) is 13.6. The number of β-lactam (4-membered cyclic amide) rings is 1. The molecule has 2 amide bonds. The lowest BCUT2D eigenvalue weighted by molar-refractivity contribution is -0.175. The molecule has 2 aliphatic heterocycles. The van der Waals surface area contributed by atoms with E-state index in [2.05, 4.69) is 15.6 Å². The fourth-order valence-corrected chi connectivity index (χ4v) is 4.90. The number of pyridine rings is 1. The van der Waals surface area contributed by atoms with Gasteiger partial charge in [0.2, 0.25) is 18.6 Å².